The number of amides is 1. The molecule has 1 heterocycles. The van der Waals surface area contributed by atoms with E-state index in [0.717, 1.165) is 11.1 Å². The Kier molecular flexibility index (Phi) is 4.90. The molecule has 0 saturated heterocycles. The van der Waals surface area contributed by atoms with E-state index < -0.39 is 22.1 Å². The van der Waals surface area contributed by atoms with Crippen molar-refractivity contribution in [1.29, 1.82) is 0 Å². The number of anilines is 1. The number of carbonyl (C=O) groups excluding carboxylic acids is 1. The van der Waals surface area contributed by atoms with Gasteiger partial charge in [-0.05, 0) is 48.7 Å². The van der Waals surface area contributed by atoms with Gasteiger partial charge in [0.15, 0.2) is 0 Å². The van der Waals surface area contributed by atoms with Gasteiger partial charge in [-0.15, -0.1) is 0 Å². The molecule has 2 aromatic carbocycles. The first-order valence-corrected chi connectivity index (χ1v) is 9.62. The molecule has 0 aromatic heterocycles. The van der Waals surface area contributed by atoms with Crippen molar-refractivity contribution in [2.24, 2.45) is 0 Å². The summed E-state index contributed by atoms with van der Waals surface area (Å²) in [5, 5.41) is 0. The molecule has 1 N–H and O–H groups in total. The maximum atomic E-state index is 12.7. The van der Waals surface area contributed by atoms with Gasteiger partial charge in [0.1, 0.15) is 0 Å². The molecule has 1 aliphatic rings. The Hall–Kier alpha value is -2.55. The minimum atomic E-state index is -4.95. The first-order chi connectivity index (χ1) is 12.6. The molecule has 1 amide bonds. The van der Waals surface area contributed by atoms with Crippen molar-refractivity contribution < 1.29 is 26.4 Å². The summed E-state index contributed by atoms with van der Waals surface area (Å²) >= 11 is 0. The molecule has 27 heavy (non-hydrogen) atoms. The molecule has 0 spiro atoms. The fourth-order valence-corrected chi connectivity index (χ4v) is 4.00. The van der Waals surface area contributed by atoms with Crippen LogP contribution in [0.3, 0.4) is 0 Å². The molecule has 0 fully saturated rings. The summed E-state index contributed by atoms with van der Waals surface area (Å²) in [6, 6.07) is 11.1. The van der Waals surface area contributed by atoms with Gasteiger partial charge in [0.25, 0.3) is 10.0 Å². The first kappa shape index (κ1) is 19.2. The van der Waals surface area contributed by atoms with Crippen molar-refractivity contribution in [1.82, 2.24) is 4.90 Å². The summed E-state index contributed by atoms with van der Waals surface area (Å²) in [6.45, 7) is 1.54. The van der Waals surface area contributed by atoms with E-state index in [1.165, 1.54) is 12.1 Å². The first-order valence-electron chi connectivity index (χ1n) is 8.14. The van der Waals surface area contributed by atoms with Crippen LogP contribution < -0.4 is 4.72 Å². The van der Waals surface area contributed by atoms with E-state index in [9.17, 15) is 26.4 Å². The number of rotatable bonds is 3. The molecule has 1 aliphatic heterocycles. The molecule has 144 valence electrons. The fourth-order valence-electron chi connectivity index (χ4n) is 2.89. The van der Waals surface area contributed by atoms with Crippen LogP contribution in [0, 0.1) is 6.92 Å². The summed E-state index contributed by atoms with van der Waals surface area (Å²) in [6.07, 6.45) is -4.71. The summed E-state index contributed by atoms with van der Waals surface area (Å²) in [4.78, 5) is 12.1. The Bertz CT molecular complexity index is 970. The highest BCUT2D eigenvalue weighted by molar-refractivity contribution is 7.92. The van der Waals surface area contributed by atoms with Crippen molar-refractivity contribution in [2.75, 3.05) is 11.3 Å². The van der Waals surface area contributed by atoms with Gasteiger partial charge in [-0.1, -0.05) is 23.8 Å². The molecule has 5 nitrogen and oxygen atoms in total. The number of carbonyl (C=O) groups is 1. The maximum absolute atomic E-state index is 12.7. The van der Waals surface area contributed by atoms with Gasteiger partial charge in [0.2, 0.25) is 0 Å². The van der Waals surface area contributed by atoms with Crippen molar-refractivity contribution >= 4 is 21.6 Å². The molecule has 0 bridgehead atoms. The molecular weight excluding hydrogens is 381 g/mol. The van der Waals surface area contributed by atoms with Crippen LogP contribution in [0.1, 0.15) is 16.7 Å². The number of fused-ring (bicyclic) bond motifs is 1. The third-order valence-electron chi connectivity index (χ3n) is 4.33. The number of benzene rings is 2. The SMILES string of the molecule is Cc1ccc(NS(=O)(=O)c2ccc3c(c2)CN(C(=O)C(F)(F)F)CC3)cc1. The third kappa shape index (κ3) is 4.24. The smallest absolute Gasteiger partial charge is 0.330 e. The van der Waals surface area contributed by atoms with Crippen LogP contribution in [-0.2, 0) is 27.8 Å². The normalized spacial score (nSPS) is 14.6. The predicted molar refractivity (Wildman–Crippen MR) is 93.6 cm³/mol. The lowest BCUT2D eigenvalue weighted by Crippen LogP contribution is -2.43. The predicted octanol–water partition coefficient (Wildman–Crippen LogP) is 3.24. The molecule has 0 radical (unpaired) electrons. The second-order valence-corrected chi connectivity index (χ2v) is 8.06. The van der Waals surface area contributed by atoms with Crippen molar-refractivity contribution in [3.8, 4) is 0 Å². The number of halogens is 3. The number of hydrogen-bond acceptors (Lipinski definition) is 3. The van der Waals surface area contributed by atoms with Crippen LogP contribution >= 0.6 is 0 Å². The van der Waals surface area contributed by atoms with Gasteiger partial charge in [-0.2, -0.15) is 13.2 Å². The zero-order valence-electron chi connectivity index (χ0n) is 14.4. The Morgan fingerprint density at radius 2 is 1.74 bits per heavy atom. The molecule has 0 atom stereocenters. The van der Waals surface area contributed by atoms with Crippen LogP contribution in [0.4, 0.5) is 18.9 Å². The largest absolute Gasteiger partial charge is 0.471 e. The van der Waals surface area contributed by atoms with Crippen LogP contribution in [0.15, 0.2) is 47.4 Å². The molecular formula is C18H17F3N2O3S. The molecule has 2 aromatic rings. The molecule has 3 rings (SSSR count). The number of alkyl halides is 3. The van der Waals surface area contributed by atoms with E-state index in [2.05, 4.69) is 4.72 Å². The highest BCUT2D eigenvalue weighted by atomic mass is 32.2. The van der Waals surface area contributed by atoms with E-state index in [4.69, 9.17) is 0 Å². The second-order valence-electron chi connectivity index (χ2n) is 6.38. The number of aryl methyl sites for hydroxylation is 1. The monoisotopic (exact) mass is 398 g/mol. The molecule has 9 heteroatoms. The van der Waals surface area contributed by atoms with E-state index in [-0.39, 0.29) is 24.4 Å². The Balaban J connectivity index is 1.85. The maximum Gasteiger partial charge on any atom is 0.471 e. The lowest BCUT2D eigenvalue weighted by molar-refractivity contribution is -0.186. The minimum Gasteiger partial charge on any atom is -0.330 e. The minimum absolute atomic E-state index is 0.0565. The summed E-state index contributed by atoms with van der Waals surface area (Å²) in [5.74, 6) is -1.92. The van der Waals surface area contributed by atoms with E-state index in [1.807, 2.05) is 6.92 Å². The average Bonchev–Trinajstić information content (AvgIpc) is 2.61. The zero-order valence-corrected chi connectivity index (χ0v) is 15.2. The highest BCUT2D eigenvalue weighted by Gasteiger charge is 2.43. The van der Waals surface area contributed by atoms with Gasteiger partial charge in [-0.25, -0.2) is 8.42 Å². The highest BCUT2D eigenvalue weighted by Crippen LogP contribution is 2.27. The lowest BCUT2D eigenvalue weighted by Gasteiger charge is -2.29. The lowest BCUT2D eigenvalue weighted by atomic mass is 10.00. The Labute approximate surface area is 154 Å². The van der Waals surface area contributed by atoms with Crippen LogP contribution in [0.5, 0.6) is 0 Å². The standard InChI is InChI=1S/C18H17F3N2O3S/c1-12-2-5-15(6-3-12)22-27(25,26)16-7-4-13-8-9-23(11-14(13)10-16)17(24)18(19,20)21/h2-7,10,22H,8-9,11H2,1H3. The summed E-state index contributed by atoms with van der Waals surface area (Å²) in [7, 11) is -3.90. The number of hydrogen-bond donors (Lipinski definition) is 1. The summed E-state index contributed by atoms with van der Waals surface area (Å²) in [5.41, 5.74) is 2.48. The fraction of sp³-hybridized carbons (Fsp3) is 0.278. The quantitative estimate of drug-likeness (QED) is 0.863. The Morgan fingerprint density at radius 1 is 1.07 bits per heavy atom. The molecule has 0 aliphatic carbocycles. The summed E-state index contributed by atoms with van der Waals surface area (Å²) < 4.78 is 65.5. The van der Waals surface area contributed by atoms with E-state index in [1.54, 1.807) is 30.3 Å². The van der Waals surface area contributed by atoms with Gasteiger partial charge >= 0.3 is 12.1 Å². The second kappa shape index (κ2) is 6.88. The zero-order chi connectivity index (χ0) is 19.8. The number of sulfonamides is 1. The molecule has 0 saturated carbocycles. The van der Waals surface area contributed by atoms with E-state index >= 15 is 0 Å². The van der Waals surface area contributed by atoms with E-state index in [0.29, 0.717) is 16.2 Å². The topological polar surface area (TPSA) is 66.5 Å². The number of nitrogens with one attached hydrogen (secondary N) is 1. The average molecular weight is 398 g/mol. The number of nitrogens with zero attached hydrogens (tertiary/aromatic N) is 1. The van der Waals surface area contributed by atoms with Crippen LogP contribution in [-0.4, -0.2) is 31.9 Å². The van der Waals surface area contributed by atoms with Gasteiger partial charge in [0.05, 0.1) is 4.90 Å². The Morgan fingerprint density at radius 3 is 2.37 bits per heavy atom. The third-order valence-corrected chi connectivity index (χ3v) is 5.71. The molecule has 0 unspecified atom stereocenters. The van der Waals surface area contributed by atoms with Crippen molar-refractivity contribution in [3.63, 3.8) is 0 Å². The van der Waals surface area contributed by atoms with Gasteiger partial charge in [-0.3, -0.25) is 9.52 Å². The van der Waals surface area contributed by atoms with Gasteiger partial charge < -0.3 is 4.90 Å². The van der Waals surface area contributed by atoms with Crippen molar-refractivity contribution in [3.05, 3.63) is 59.2 Å². The van der Waals surface area contributed by atoms with Crippen molar-refractivity contribution in [2.45, 2.75) is 31.0 Å². The van der Waals surface area contributed by atoms with Gasteiger partial charge in [0, 0.05) is 18.8 Å². The van der Waals surface area contributed by atoms with Crippen LogP contribution in [0.25, 0.3) is 0 Å². The van der Waals surface area contributed by atoms with Crippen LogP contribution in [0.2, 0.25) is 0 Å².